The third-order valence-electron chi connectivity index (χ3n) is 3.58. The standard InChI is InChI=1S/C14H20ClN3O/c1-18(2)12-5-4-10(8-11(12)15)17-13(19)9-14(16)6-3-7-14/h4-5,8H,3,6-7,9,16H2,1-2H3,(H,17,19). The number of amides is 1. The molecule has 1 saturated carbocycles. The van der Waals surface area contributed by atoms with Gasteiger partial charge in [-0.3, -0.25) is 4.79 Å². The molecule has 0 aliphatic heterocycles. The lowest BCUT2D eigenvalue weighted by atomic mass is 9.75. The maximum Gasteiger partial charge on any atom is 0.226 e. The molecule has 0 unspecified atom stereocenters. The molecule has 2 rings (SSSR count). The van der Waals surface area contributed by atoms with E-state index in [4.69, 9.17) is 17.3 Å². The first-order chi connectivity index (χ1) is 8.89. The van der Waals surface area contributed by atoms with Crippen LogP contribution >= 0.6 is 11.6 Å². The predicted octanol–water partition coefficient (Wildman–Crippen LogP) is 2.62. The molecule has 1 aromatic carbocycles. The van der Waals surface area contributed by atoms with E-state index in [1.807, 2.05) is 31.1 Å². The highest BCUT2D eigenvalue weighted by molar-refractivity contribution is 6.33. The van der Waals surface area contributed by atoms with Crippen LogP contribution in [-0.2, 0) is 4.79 Å². The first-order valence-electron chi connectivity index (χ1n) is 6.45. The summed E-state index contributed by atoms with van der Waals surface area (Å²) in [6.45, 7) is 0. The summed E-state index contributed by atoms with van der Waals surface area (Å²) in [5.74, 6) is -0.0455. The maximum absolute atomic E-state index is 11.9. The lowest BCUT2D eigenvalue weighted by Gasteiger charge is -2.37. The highest BCUT2D eigenvalue weighted by Gasteiger charge is 2.34. The van der Waals surface area contributed by atoms with E-state index in [2.05, 4.69) is 5.32 Å². The van der Waals surface area contributed by atoms with Gasteiger partial charge < -0.3 is 16.0 Å². The molecule has 0 bridgehead atoms. The van der Waals surface area contributed by atoms with Crippen LogP contribution in [0.25, 0.3) is 0 Å². The summed E-state index contributed by atoms with van der Waals surface area (Å²) in [5.41, 5.74) is 7.40. The lowest BCUT2D eigenvalue weighted by molar-refractivity contribution is -0.118. The fourth-order valence-corrected chi connectivity index (χ4v) is 2.63. The summed E-state index contributed by atoms with van der Waals surface area (Å²) in [6, 6.07) is 5.50. The highest BCUT2D eigenvalue weighted by atomic mass is 35.5. The van der Waals surface area contributed by atoms with Crippen LogP contribution < -0.4 is 16.0 Å². The molecule has 104 valence electrons. The second-order valence-electron chi connectivity index (χ2n) is 5.50. The van der Waals surface area contributed by atoms with Crippen molar-refractivity contribution in [3.05, 3.63) is 23.2 Å². The Balaban J connectivity index is 1.99. The van der Waals surface area contributed by atoms with E-state index in [1.165, 1.54) is 0 Å². The molecule has 1 fully saturated rings. The molecule has 0 spiro atoms. The number of rotatable bonds is 4. The number of hydrogen-bond acceptors (Lipinski definition) is 3. The van der Waals surface area contributed by atoms with Crippen molar-refractivity contribution in [2.24, 2.45) is 5.73 Å². The molecule has 5 heteroatoms. The molecule has 1 aliphatic rings. The molecule has 4 nitrogen and oxygen atoms in total. The molecule has 1 aromatic rings. The minimum absolute atomic E-state index is 0.0455. The molecule has 1 aliphatic carbocycles. The van der Waals surface area contributed by atoms with Gasteiger partial charge in [-0.2, -0.15) is 0 Å². The Morgan fingerprint density at radius 2 is 2.16 bits per heavy atom. The van der Waals surface area contributed by atoms with Crippen LogP contribution in [0.1, 0.15) is 25.7 Å². The molecule has 1 amide bonds. The SMILES string of the molecule is CN(C)c1ccc(NC(=O)CC2(N)CCC2)cc1Cl. The number of nitrogens with one attached hydrogen (secondary N) is 1. The van der Waals surface area contributed by atoms with Crippen LogP contribution in [-0.4, -0.2) is 25.5 Å². The monoisotopic (exact) mass is 281 g/mol. The molecule has 0 atom stereocenters. The third kappa shape index (κ3) is 3.39. The van der Waals surface area contributed by atoms with E-state index in [-0.39, 0.29) is 11.4 Å². The number of nitrogens with zero attached hydrogens (tertiary/aromatic N) is 1. The van der Waals surface area contributed by atoms with Crippen molar-refractivity contribution in [2.75, 3.05) is 24.3 Å². The molecule has 0 aromatic heterocycles. The van der Waals surface area contributed by atoms with Gasteiger partial charge in [0.1, 0.15) is 0 Å². The van der Waals surface area contributed by atoms with E-state index in [0.29, 0.717) is 17.1 Å². The summed E-state index contributed by atoms with van der Waals surface area (Å²) in [7, 11) is 3.85. The first-order valence-corrected chi connectivity index (χ1v) is 6.83. The number of benzene rings is 1. The number of nitrogens with two attached hydrogens (primary N) is 1. The Morgan fingerprint density at radius 1 is 1.47 bits per heavy atom. The topological polar surface area (TPSA) is 58.4 Å². The zero-order chi connectivity index (χ0) is 14.0. The average Bonchev–Trinajstić information content (AvgIpc) is 2.26. The highest BCUT2D eigenvalue weighted by Crippen LogP contribution is 2.33. The summed E-state index contributed by atoms with van der Waals surface area (Å²) >= 11 is 6.16. The van der Waals surface area contributed by atoms with Crippen molar-refractivity contribution in [3.8, 4) is 0 Å². The molecule has 0 radical (unpaired) electrons. The molecular weight excluding hydrogens is 262 g/mol. The predicted molar refractivity (Wildman–Crippen MR) is 79.8 cm³/mol. The number of carbonyl (C=O) groups excluding carboxylic acids is 1. The van der Waals surface area contributed by atoms with Gasteiger partial charge in [0.15, 0.2) is 0 Å². The smallest absolute Gasteiger partial charge is 0.226 e. The van der Waals surface area contributed by atoms with Crippen molar-refractivity contribution < 1.29 is 4.79 Å². The van der Waals surface area contributed by atoms with Gasteiger partial charge in [-0.1, -0.05) is 11.6 Å². The van der Waals surface area contributed by atoms with Gasteiger partial charge in [-0.25, -0.2) is 0 Å². The Labute approximate surface area is 118 Å². The van der Waals surface area contributed by atoms with Crippen molar-refractivity contribution >= 4 is 28.9 Å². The molecule has 0 heterocycles. The average molecular weight is 282 g/mol. The Morgan fingerprint density at radius 3 is 2.63 bits per heavy atom. The summed E-state index contributed by atoms with van der Waals surface area (Å²) < 4.78 is 0. The number of halogens is 1. The quantitative estimate of drug-likeness (QED) is 0.892. The molecule has 19 heavy (non-hydrogen) atoms. The van der Waals surface area contributed by atoms with Gasteiger partial charge in [-0.05, 0) is 37.5 Å². The first kappa shape index (κ1) is 14.2. The Bertz CT molecular complexity index is 484. The zero-order valence-electron chi connectivity index (χ0n) is 11.4. The van der Waals surface area contributed by atoms with Gasteiger partial charge in [0, 0.05) is 31.7 Å². The van der Waals surface area contributed by atoms with Gasteiger partial charge in [0.25, 0.3) is 0 Å². The van der Waals surface area contributed by atoms with E-state index in [0.717, 1.165) is 24.9 Å². The summed E-state index contributed by atoms with van der Waals surface area (Å²) in [5, 5.41) is 3.47. The van der Waals surface area contributed by atoms with Crippen LogP contribution in [0.5, 0.6) is 0 Å². The van der Waals surface area contributed by atoms with E-state index >= 15 is 0 Å². The van der Waals surface area contributed by atoms with Crippen molar-refractivity contribution in [1.82, 2.24) is 0 Å². The summed E-state index contributed by atoms with van der Waals surface area (Å²) in [4.78, 5) is 13.8. The van der Waals surface area contributed by atoms with Crippen LogP contribution in [0.3, 0.4) is 0 Å². The fraction of sp³-hybridized carbons (Fsp3) is 0.500. The second kappa shape index (κ2) is 5.39. The van der Waals surface area contributed by atoms with Gasteiger partial charge in [-0.15, -0.1) is 0 Å². The van der Waals surface area contributed by atoms with E-state index in [1.54, 1.807) is 6.07 Å². The molecular formula is C14H20ClN3O. The minimum Gasteiger partial charge on any atom is -0.376 e. The van der Waals surface area contributed by atoms with Crippen molar-refractivity contribution in [3.63, 3.8) is 0 Å². The van der Waals surface area contributed by atoms with Crippen LogP contribution in [0.15, 0.2) is 18.2 Å². The van der Waals surface area contributed by atoms with Gasteiger partial charge >= 0.3 is 0 Å². The molecule has 3 N–H and O–H groups in total. The zero-order valence-corrected chi connectivity index (χ0v) is 12.1. The normalized spacial score (nSPS) is 16.6. The maximum atomic E-state index is 11.9. The van der Waals surface area contributed by atoms with Crippen LogP contribution in [0.2, 0.25) is 5.02 Å². The summed E-state index contributed by atoms with van der Waals surface area (Å²) in [6.07, 6.45) is 3.36. The van der Waals surface area contributed by atoms with Gasteiger partial charge in [0.05, 0.1) is 10.7 Å². The largest absolute Gasteiger partial charge is 0.376 e. The minimum atomic E-state index is -0.294. The van der Waals surface area contributed by atoms with Gasteiger partial charge in [0.2, 0.25) is 5.91 Å². The number of carbonyl (C=O) groups is 1. The van der Waals surface area contributed by atoms with E-state index in [9.17, 15) is 4.79 Å². The lowest BCUT2D eigenvalue weighted by Crippen LogP contribution is -2.48. The van der Waals surface area contributed by atoms with Crippen molar-refractivity contribution in [2.45, 2.75) is 31.2 Å². The fourth-order valence-electron chi connectivity index (χ4n) is 2.28. The number of anilines is 2. The van der Waals surface area contributed by atoms with E-state index < -0.39 is 0 Å². The van der Waals surface area contributed by atoms with Crippen molar-refractivity contribution in [1.29, 1.82) is 0 Å². The third-order valence-corrected chi connectivity index (χ3v) is 3.88. The Kier molecular flexibility index (Phi) is 4.02. The molecule has 0 saturated heterocycles. The number of hydrogen-bond donors (Lipinski definition) is 2. The van der Waals surface area contributed by atoms with Crippen LogP contribution in [0, 0.1) is 0 Å². The Hall–Kier alpha value is -1.26. The second-order valence-corrected chi connectivity index (χ2v) is 5.91. The van der Waals surface area contributed by atoms with Crippen LogP contribution in [0.4, 0.5) is 11.4 Å².